The lowest BCUT2D eigenvalue weighted by Gasteiger charge is -2.26. The van der Waals surface area contributed by atoms with Crippen molar-refractivity contribution in [2.45, 2.75) is 44.9 Å². The molecule has 88 valence electrons. The highest BCUT2D eigenvalue weighted by Crippen LogP contribution is 2.60. The molecule has 0 bridgehead atoms. The molecule has 2 rings (SSSR count). The summed E-state index contributed by atoms with van der Waals surface area (Å²) in [6.45, 7) is 8.01. The van der Waals surface area contributed by atoms with Gasteiger partial charge < -0.3 is 5.73 Å². The molecule has 15 heavy (non-hydrogen) atoms. The van der Waals surface area contributed by atoms with Crippen LogP contribution in [-0.4, -0.2) is 25.0 Å². The van der Waals surface area contributed by atoms with E-state index in [0.29, 0.717) is 11.7 Å². The van der Waals surface area contributed by atoms with E-state index in [0.717, 1.165) is 6.42 Å². The fourth-order valence-corrected chi connectivity index (χ4v) is 5.04. The minimum Gasteiger partial charge on any atom is -0.327 e. The first-order valence-electron chi connectivity index (χ1n) is 5.60. The van der Waals surface area contributed by atoms with Crippen LogP contribution in [0.3, 0.4) is 0 Å². The summed E-state index contributed by atoms with van der Waals surface area (Å²) in [5.74, 6) is 0.960. The fourth-order valence-electron chi connectivity index (χ4n) is 3.22. The van der Waals surface area contributed by atoms with Gasteiger partial charge in [-0.2, -0.15) is 0 Å². The molecule has 0 amide bonds. The molecule has 1 aliphatic carbocycles. The Kier molecular flexibility index (Phi) is 2.11. The van der Waals surface area contributed by atoms with Crippen molar-refractivity contribution in [1.82, 2.24) is 0 Å². The Morgan fingerprint density at radius 2 is 1.67 bits per heavy atom. The molecule has 3 atom stereocenters. The molecule has 2 fully saturated rings. The average Bonchev–Trinajstić information content (AvgIpc) is 2.44. The summed E-state index contributed by atoms with van der Waals surface area (Å²) in [5.41, 5.74) is 6.17. The number of hydrogen-bond acceptors (Lipinski definition) is 3. The van der Waals surface area contributed by atoms with Gasteiger partial charge in [0, 0.05) is 6.04 Å². The van der Waals surface area contributed by atoms with Crippen LogP contribution in [0, 0.1) is 17.3 Å². The molecule has 0 aromatic carbocycles. The van der Waals surface area contributed by atoms with Crippen LogP contribution in [-0.2, 0) is 9.84 Å². The third-order valence-corrected chi connectivity index (χ3v) is 7.50. The van der Waals surface area contributed by atoms with Crippen molar-refractivity contribution in [3.05, 3.63) is 0 Å². The Balaban J connectivity index is 2.29. The first kappa shape index (κ1) is 11.4. The van der Waals surface area contributed by atoms with E-state index in [1.165, 1.54) is 0 Å². The topological polar surface area (TPSA) is 60.2 Å². The zero-order valence-electron chi connectivity index (χ0n) is 9.95. The molecule has 0 spiro atoms. The highest BCUT2D eigenvalue weighted by Gasteiger charge is 2.65. The molecular formula is C11H21NO2S. The van der Waals surface area contributed by atoms with Crippen LogP contribution in [0.1, 0.15) is 34.1 Å². The van der Waals surface area contributed by atoms with Gasteiger partial charge in [-0.05, 0) is 37.5 Å². The Morgan fingerprint density at radius 1 is 1.20 bits per heavy atom. The normalized spacial score (nSPS) is 45.3. The maximum absolute atomic E-state index is 11.9. The molecule has 0 aromatic rings. The molecular weight excluding hydrogens is 210 g/mol. The van der Waals surface area contributed by atoms with Gasteiger partial charge in [0.1, 0.15) is 0 Å². The van der Waals surface area contributed by atoms with Crippen molar-refractivity contribution in [1.29, 1.82) is 0 Å². The van der Waals surface area contributed by atoms with E-state index in [9.17, 15) is 8.42 Å². The van der Waals surface area contributed by atoms with Gasteiger partial charge in [0.15, 0.2) is 9.84 Å². The van der Waals surface area contributed by atoms with Crippen molar-refractivity contribution in [2.24, 2.45) is 23.0 Å². The lowest BCUT2D eigenvalue weighted by molar-refractivity contribution is 0.330. The molecule has 1 aliphatic heterocycles. The average molecular weight is 231 g/mol. The molecule has 4 heteroatoms. The van der Waals surface area contributed by atoms with E-state index < -0.39 is 14.6 Å². The zero-order chi connectivity index (χ0) is 11.6. The molecule has 1 saturated heterocycles. The number of rotatable bonds is 1. The predicted octanol–water partition coefficient (Wildman–Crippen LogP) is 1.18. The highest BCUT2D eigenvalue weighted by atomic mass is 32.2. The van der Waals surface area contributed by atoms with Crippen LogP contribution in [0.15, 0.2) is 0 Å². The second-order valence-electron chi connectivity index (χ2n) is 6.19. The van der Waals surface area contributed by atoms with E-state index in [1.807, 2.05) is 13.8 Å². The summed E-state index contributed by atoms with van der Waals surface area (Å²) in [6, 6.07) is 0.176. The van der Waals surface area contributed by atoms with Gasteiger partial charge in [-0.25, -0.2) is 8.42 Å². The van der Waals surface area contributed by atoms with Crippen molar-refractivity contribution in [2.75, 3.05) is 5.75 Å². The lowest BCUT2D eigenvalue weighted by Crippen LogP contribution is -2.35. The summed E-state index contributed by atoms with van der Waals surface area (Å²) in [7, 11) is -2.91. The van der Waals surface area contributed by atoms with Crippen LogP contribution in [0.4, 0.5) is 0 Å². The Hall–Kier alpha value is -0.0900. The first-order valence-corrected chi connectivity index (χ1v) is 7.25. The minimum atomic E-state index is -2.91. The molecule has 1 unspecified atom stereocenters. The van der Waals surface area contributed by atoms with E-state index in [2.05, 4.69) is 13.8 Å². The van der Waals surface area contributed by atoms with E-state index in [1.54, 1.807) is 0 Å². The van der Waals surface area contributed by atoms with Crippen molar-refractivity contribution in [3.8, 4) is 0 Å². The van der Waals surface area contributed by atoms with Gasteiger partial charge >= 0.3 is 0 Å². The predicted molar refractivity (Wildman–Crippen MR) is 61.2 cm³/mol. The Bertz CT molecular complexity index is 383. The monoisotopic (exact) mass is 231 g/mol. The van der Waals surface area contributed by atoms with E-state index >= 15 is 0 Å². The third kappa shape index (κ3) is 1.30. The minimum absolute atomic E-state index is 0.127. The lowest BCUT2D eigenvalue weighted by atomic mass is 9.85. The zero-order valence-corrected chi connectivity index (χ0v) is 10.8. The Morgan fingerprint density at radius 3 is 1.93 bits per heavy atom. The van der Waals surface area contributed by atoms with Crippen LogP contribution in [0.25, 0.3) is 0 Å². The van der Waals surface area contributed by atoms with Gasteiger partial charge in [-0.1, -0.05) is 13.8 Å². The van der Waals surface area contributed by atoms with E-state index in [-0.39, 0.29) is 17.4 Å². The van der Waals surface area contributed by atoms with Gasteiger partial charge in [-0.3, -0.25) is 0 Å². The van der Waals surface area contributed by atoms with Gasteiger partial charge in [0.25, 0.3) is 0 Å². The van der Waals surface area contributed by atoms with Gasteiger partial charge in [-0.15, -0.1) is 0 Å². The van der Waals surface area contributed by atoms with Crippen LogP contribution in [0.5, 0.6) is 0 Å². The molecule has 1 saturated carbocycles. The third-order valence-electron chi connectivity index (χ3n) is 4.82. The largest absolute Gasteiger partial charge is 0.327 e. The second kappa shape index (κ2) is 2.77. The maximum Gasteiger partial charge on any atom is 0.155 e. The Labute approximate surface area is 92.3 Å². The van der Waals surface area contributed by atoms with Gasteiger partial charge in [0.05, 0.1) is 10.5 Å². The van der Waals surface area contributed by atoms with Crippen LogP contribution >= 0.6 is 0 Å². The molecule has 2 N–H and O–H groups in total. The van der Waals surface area contributed by atoms with Crippen molar-refractivity contribution < 1.29 is 8.42 Å². The summed E-state index contributed by atoms with van der Waals surface area (Å²) in [5, 5.41) is 0. The maximum atomic E-state index is 11.9. The summed E-state index contributed by atoms with van der Waals surface area (Å²) < 4.78 is 23.2. The van der Waals surface area contributed by atoms with E-state index in [4.69, 9.17) is 5.73 Å². The standard InChI is InChI=1S/C11H21NO2S/c1-10(2)8(9(10)12)7-5-6-15(13,14)11(7,3)4/h7-9H,5-6,12H2,1-4H3/t7?,8-,9-/m0/s1. The number of sulfone groups is 1. The molecule has 0 aromatic heterocycles. The molecule has 1 heterocycles. The quantitative estimate of drug-likeness (QED) is 0.737. The molecule has 3 nitrogen and oxygen atoms in total. The number of hydrogen-bond donors (Lipinski definition) is 1. The SMILES string of the molecule is CC1(C)[C@@H](N)[C@@H]1C1CCS(=O)(=O)C1(C)C. The highest BCUT2D eigenvalue weighted by molar-refractivity contribution is 7.93. The van der Waals surface area contributed by atoms with Crippen LogP contribution < -0.4 is 5.73 Å². The first-order chi connectivity index (χ1) is 6.62. The smallest absolute Gasteiger partial charge is 0.155 e. The van der Waals surface area contributed by atoms with Gasteiger partial charge in [0.2, 0.25) is 0 Å². The number of nitrogens with two attached hydrogens (primary N) is 1. The van der Waals surface area contributed by atoms with Crippen molar-refractivity contribution in [3.63, 3.8) is 0 Å². The summed E-state index contributed by atoms with van der Waals surface area (Å²) in [4.78, 5) is 0. The molecule has 2 aliphatic rings. The summed E-state index contributed by atoms with van der Waals surface area (Å²) in [6.07, 6.45) is 0.789. The summed E-state index contributed by atoms with van der Waals surface area (Å²) >= 11 is 0. The molecule has 0 radical (unpaired) electrons. The second-order valence-corrected chi connectivity index (χ2v) is 8.88. The van der Waals surface area contributed by atoms with Crippen molar-refractivity contribution >= 4 is 9.84 Å². The fraction of sp³-hybridized carbons (Fsp3) is 1.00. The van der Waals surface area contributed by atoms with Crippen LogP contribution in [0.2, 0.25) is 0 Å².